The second-order valence-electron chi connectivity index (χ2n) is 4.14. The Bertz CT molecular complexity index is 433. The summed E-state index contributed by atoms with van der Waals surface area (Å²) in [7, 11) is 1.54. The van der Waals surface area contributed by atoms with Crippen LogP contribution in [0.3, 0.4) is 0 Å². The molecule has 0 saturated carbocycles. The quantitative estimate of drug-likeness (QED) is 0.804. The number of rotatable bonds is 6. The molecule has 1 aromatic rings. The topological polar surface area (TPSA) is 47.6 Å². The number of nitrogens with one attached hydrogen (secondary N) is 1. The van der Waals surface area contributed by atoms with Crippen molar-refractivity contribution in [1.29, 1.82) is 0 Å². The van der Waals surface area contributed by atoms with Gasteiger partial charge in [-0.05, 0) is 33.0 Å². The van der Waals surface area contributed by atoms with E-state index in [2.05, 4.69) is 5.32 Å². The predicted molar refractivity (Wildman–Crippen MR) is 66.0 cm³/mol. The first-order chi connectivity index (χ1) is 8.94. The average molecular weight is 273 g/mol. The molecule has 106 valence electrons. The zero-order chi connectivity index (χ0) is 14.5. The first-order valence-corrected chi connectivity index (χ1v) is 5.87. The summed E-state index contributed by atoms with van der Waals surface area (Å²) in [4.78, 5) is 11.7. The van der Waals surface area contributed by atoms with Crippen molar-refractivity contribution in [1.82, 2.24) is 5.32 Å². The fourth-order valence-electron chi connectivity index (χ4n) is 1.36. The monoisotopic (exact) mass is 273 g/mol. The van der Waals surface area contributed by atoms with Crippen LogP contribution >= 0.6 is 0 Å². The Hall–Kier alpha value is -1.69. The highest BCUT2D eigenvalue weighted by molar-refractivity contribution is 5.80. The summed E-state index contributed by atoms with van der Waals surface area (Å²) in [5.41, 5.74) is -1.18. The molecule has 1 N–H and O–H groups in total. The van der Waals surface area contributed by atoms with E-state index in [4.69, 9.17) is 9.47 Å². The fraction of sp³-hybridized carbons (Fsp3) is 0.462. The Balaban J connectivity index is 2.81. The number of carbonyl (C=O) groups is 1. The number of likely N-dealkylation sites (N-methyl/N-ethyl adjacent to an activating group) is 1. The summed E-state index contributed by atoms with van der Waals surface area (Å²) >= 11 is 0. The normalized spacial score (nSPS) is 13.7. The highest BCUT2D eigenvalue weighted by Gasteiger charge is 2.34. The van der Waals surface area contributed by atoms with Gasteiger partial charge in [-0.15, -0.1) is 0 Å². The van der Waals surface area contributed by atoms with Gasteiger partial charge in [-0.2, -0.15) is 0 Å². The van der Waals surface area contributed by atoms with Crippen molar-refractivity contribution in [2.75, 3.05) is 20.3 Å². The van der Waals surface area contributed by atoms with Crippen molar-refractivity contribution >= 4 is 5.97 Å². The Kier molecular flexibility index (Phi) is 5.23. The molecule has 0 aliphatic rings. The van der Waals surface area contributed by atoms with E-state index in [1.165, 1.54) is 20.0 Å². The molecule has 1 atom stereocenters. The fourth-order valence-corrected chi connectivity index (χ4v) is 1.36. The van der Waals surface area contributed by atoms with Crippen LogP contribution in [0.5, 0.6) is 5.75 Å². The molecule has 0 heterocycles. The maximum absolute atomic E-state index is 13.4. The van der Waals surface area contributed by atoms with Gasteiger partial charge >= 0.3 is 5.97 Å². The third-order valence-electron chi connectivity index (χ3n) is 2.70. The van der Waals surface area contributed by atoms with Gasteiger partial charge in [0, 0.05) is 0 Å². The molecular weight excluding hydrogens is 256 g/mol. The van der Waals surface area contributed by atoms with Gasteiger partial charge in [0.05, 0.1) is 6.61 Å². The number of esters is 1. The van der Waals surface area contributed by atoms with Crippen molar-refractivity contribution in [2.45, 2.75) is 19.4 Å². The molecule has 1 unspecified atom stereocenters. The van der Waals surface area contributed by atoms with E-state index in [9.17, 15) is 13.6 Å². The standard InChI is InChI=1S/C13H17F2NO3/c1-4-18-12(17)13(2,16-3)8-19-11-9(14)6-5-7-10(11)15/h5-7,16H,4,8H2,1-3H3. The number of para-hydroxylation sites is 1. The minimum Gasteiger partial charge on any atom is -0.485 e. The molecule has 0 aliphatic carbocycles. The number of benzene rings is 1. The van der Waals surface area contributed by atoms with Gasteiger partial charge in [-0.3, -0.25) is 0 Å². The van der Waals surface area contributed by atoms with Crippen LogP contribution in [0.2, 0.25) is 0 Å². The third-order valence-corrected chi connectivity index (χ3v) is 2.70. The van der Waals surface area contributed by atoms with Crippen LogP contribution in [0.4, 0.5) is 8.78 Å². The van der Waals surface area contributed by atoms with E-state index in [0.717, 1.165) is 12.1 Å². The summed E-state index contributed by atoms with van der Waals surface area (Å²) in [5, 5.41) is 2.73. The summed E-state index contributed by atoms with van der Waals surface area (Å²) < 4.78 is 36.7. The lowest BCUT2D eigenvalue weighted by Crippen LogP contribution is -2.53. The van der Waals surface area contributed by atoms with Crippen LogP contribution in [0, 0.1) is 11.6 Å². The van der Waals surface area contributed by atoms with Crippen LogP contribution in [0.15, 0.2) is 18.2 Å². The van der Waals surface area contributed by atoms with Gasteiger partial charge in [-0.1, -0.05) is 6.07 Å². The molecule has 19 heavy (non-hydrogen) atoms. The molecular formula is C13H17F2NO3. The Morgan fingerprint density at radius 2 is 1.95 bits per heavy atom. The van der Waals surface area contributed by atoms with Gasteiger partial charge in [0.1, 0.15) is 12.1 Å². The van der Waals surface area contributed by atoms with Crippen molar-refractivity contribution in [3.8, 4) is 5.75 Å². The van der Waals surface area contributed by atoms with Gasteiger partial charge in [-0.25, -0.2) is 13.6 Å². The Morgan fingerprint density at radius 3 is 2.42 bits per heavy atom. The van der Waals surface area contributed by atoms with Crippen molar-refractivity contribution in [2.24, 2.45) is 0 Å². The third kappa shape index (κ3) is 3.64. The molecule has 0 saturated heterocycles. The first kappa shape index (κ1) is 15.4. The lowest BCUT2D eigenvalue weighted by Gasteiger charge is -2.26. The average Bonchev–Trinajstić information content (AvgIpc) is 2.38. The summed E-state index contributed by atoms with van der Waals surface area (Å²) in [6, 6.07) is 3.40. The van der Waals surface area contributed by atoms with Crippen LogP contribution in [-0.4, -0.2) is 31.8 Å². The van der Waals surface area contributed by atoms with Crippen LogP contribution in [0.25, 0.3) is 0 Å². The number of hydrogen-bond donors (Lipinski definition) is 1. The lowest BCUT2D eigenvalue weighted by molar-refractivity contribution is -0.151. The van der Waals surface area contributed by atoms with Crippen molar-refractivity contribution < 1.29 is 23.0 Å². The van der Waals surface area contributed by atoms with Gasteiger partial charge < -0.3 is 14.8 Å². The van der Waals surface area contributed by atoms with E-state index >= 15 is 0 Å². The van der Waals surface area contributed by atoms with Gasteiger partial charge in [0.25, 0.3) is 0 Å². The lowest BCUT2D eigenvalue weighted by atomic mass is 10.1. The molecule has 4 nitrogen and oxygen atoms in total. The largest absolute Gasteiger partial charge is 0.485 e. The zero-order valence-electron chi connectivity index (χ0n) is 11.1. The van der Waals surface area contributed by atoms with Gasteiger partial charge in [0.2, 0.25) is 0 Å². The van der Waals surface area contributed by atoms with Crippen LogP contribution in [-0.2, 0) is 9.53 Å². The maximum Gasteiger partial charge on any atom is 0.329 e. The van der Waals surface area contributed by atoms with E-state index in [1.807, 2.05) is 0 Å². The second-order valence-corrected chi connectivity index (χ2v) is 4.14. The Labute approximate surface area is 110 Å². The van der Waals surface area contributed by atoms with Crippen molar-refractivity contribution in [3.63, 3.8) is 0 Å². The molecule has 0 spiro atoms. The number of carbonyl (C=O) groups excluding carboxylic acids is 1. The van der Waals surface area contributed by atoms with Crippen molar-refractivity contribution in [3.05, 3.63) is 29.8 Å². The predicted octanol–water partition coefficient (Wildman–Crippen LogP) is 1.88. The van der Waals surface area contributed by atoms with E-state index in [1.54, 1.807) is 6.92 Å². The van der Waals surface area contributed by atoms with Crippen LogP contribution in [0.1, 0.15) is 13.8 Å². The minimum absolute atomic E-state index is 0.212. The molecule has 1 aromatic carbocycles. The molecule has 0 amide bonds. The molecule has 0 fully saturated rings. The highest BCUT2D eigenvalue weighted by atomic mass is 19.1. The molecule has 0 radical (unpaired) electrons. The molecule has 6 heteroatoms. The van der Waals surface area contributed by atoms with E-state index in [-0.39, 0.29) is 13.2 Å². The number of ether oxygens (including phenoxy) is 2. The minimum atomic E-state index is -1.18. The number of hydrogen-bond acceptors (Lipinski definition) is 4. The van der Waals surface area contributed by atoms with Crippen LogP contribution < -0.4 is 10.1 Å². The first-order valence-electron chi connectivity index (χ1n) is 5.87. The zero-order valence-corrected chi connectivity index (χ0v) is 11.1. The summed E-state index contributed by atoms with van der Waals surface area (Å²) in [6.07, 6.45) is 0. The molecule has 0 aliphatic heterocycles. The molecule has 0 bridgehead atoms. The second kappa shape index (κ2) is 6.47. The highest BCUT2D eigenvalue weighted by Crippen LogP contribution is 2.22. The number of halogens is 2. The molecule has 1 rings (SSSR count). The van der Waals surface area contributed by atoms with Gasteiger partial charge in [0.15, 0.2) is 17.4 Å². The molecule has 0 aromatic heterocycles. The smallest absolute Gasteiger partial charge is 0.329 e. The summed E-state index contributed by atoms with van der Waals surface area (Å²) in [6.45, 7) is 3.17. The Morgan fingerprint density at radius 1 is 1.37 bits per heavy atom. The SMILES string of the molecule is CCOC(=O)C(C)(COc1c(F)cccc1F)NC. The van der Waals surface area contributed by atoms with E-state index < -0.39 is 28.9 Å². The van der Waals surface area contributed by atoms with E-state index in [0.29, 0.717) is 0 Å². The summed E-state index contributed by atoms with van der Waals surface area (Å²) in [5.74, 6) is -2.69. The maximum atomic E-state index is 13.4.